The highest BCUT2D eigenvalue weighted by Gasteiger charge is 1.96. The summed E-state index contributed by atoms with van der Waals surface area (Å²) in [4.78, 5) is 8.30. The van der Waals surface area contributed by atoms with Gasteiger partial charge >= 0.3 is 0 Å². The van der Waals surface area contributed by atoms with Crippen molar-refractivity contribution in [3.63, 3.8) is 0 Å². The molecular formula is C14H17N3O. The quantitative estimate of drug-likeness (QED) is 0.820. The summed E-state index contributed by atoms with van der Waals surface area (Å²) in [6.45, 7) is 5.24. The van der Waals surface area contributed by atoms with Gasteiger partial charge in [-0.15, -0.1) is 0 Å². The van der Waals surface area contributed by atoms with Crippen LogP contribution >= 0.6 is 0 Å². The van der Waals surface area contributed by atoms with Crippen LogP contribution in [-0.2, 0) is 0 Å². The van der Waals surface area contributed by atoms with E-state index in [-0.39, 0.29) is 0 Å². The van der Waals surface area contributed by atoms with Crippen LogP contribution in [0.15, 0.2) is 36.5 Å². The summed E-state index contributed by atoms with van der Waals surface area (Å²) in [6.07, 6.45) is 1.74. The van der Waals surface area contributed by atoms with Crippen LogP contribution in [0.1, 0.15) is 11.4 Å². The molecule has 0 saturated carbocycles. The van der Waals surface area contributed by atoms with Crippen molar-refractivity contribution >= 4 is 5.82 Å². The van der Waals surface area contributed by atoms with Gasteiger partial charge in [0.2, 0.25) is 0 Å². The molecule has 0 aliphatic rings. The van der Waals surface area contributed by atoms with E-state index in [1.165, 1.54) is 5.56 Å². The third-order valence-electron chi connectivity index (χ3n) is 2.44. The Morgan fingerprint density at radius 1 is 1.22 bits per heavy atom. The van der Waals surface area contributed by atoms with Crippen LogP contribution in [0.3, 0.4) is 0 Å². The van der Waals surface area contributed by atoms with E-state index in [2.05, 4.69) is 28.3 Å². The van der Waals surface area contributed by atoms with Crippen molar-refractivity contribution in [2.24, 2.45) is 0 Å². The minimum atomic E-state index is 0.604. The lowest BCUT2D eigenvalue weighted by atomic mass is 10.2. The Kier molecular flexibility index (Phi) is 4.12. The fraction of sp³-hybridized carbons (Fsp3) is 0.286. The Hall–Kier alpha value is -2.10. The van der Waals surface area contributed by atoms with E-state index in [4.69, 9.17) is 4.74 Å². The second-order valence-corrected chi connectivity index (χ2v) is 4.08. The summed E-state index contributed by atoms with van der Waals surface area (Å²) < 4.78 is 5.63. The first kappa shape index (κ1) is 12.4. The van der Waals surface area contributed by atoms with Crippen molar-refractivity contribution in [2.75, 3.05) is 18.5 Å². The number of rotatable bonds is 5. The Labute approximate surface area is 107 Å². The highest BCUT2D eigenvalue weighted by molar-refractivity contribution is 5.32. The van der Waals surface area contributed by atoms with Crippen LogP contribution in [-0.4, -0.2) is 23.1 Å². The van der Waals surface area contributed by atoms with Gasteiger partial charge in [0.1, 0.15) is 24.0 Å². The third kappa shape index (κ3) is 3.73. The van der Waals surface area contributed by atoms with Gasteiger partial charge in [0, 0.05) is 6.20 Å². The molecule has 0 aliphatic heterocycles. The average molecular weight is 243 g/mol. The van der Waals surface area contributed by atoms with E-state index in [1.807, 2.05) is 31.2 Å². The Morgan fingerprint density at radius 3 is 2.89 bits per heavy atom. The molecule has 0 saturated heterocycles. The van der Waals surface area contributed by atoms with Gasteiger partial charge in [-0.25, -0.2) is 9.97 Å². The first-order valence-corrected chi connectivity index (χ1v) is 5.97. The third-order valence-corrected chi connectivity index (χ3v) is 2.44. The highest BCUT2D eigenvalue weighted by atomic mass is 16.5. The normalized spacial score (nSPS) is 10.1. The predicted molar refractivity (Wildman–Crippen MR) is 71.9 cm³/mol. The molecule has 0 atom stereocenters. The van der Waals surface area contributed by atoms with Crippen LogP contribution in [0.4, 0.5) is 5.82 Å². The Bertz CT molecular complexity index is 466. The number of aryl methyl sites for hydroxylation is 2. The van der Waals surface area contributed by atoms with Gasteiger partial charge < -0.3 is 10.1 Å². The summed E-state index contributed by atoms with van der Waals surface area (Å²) in [5, 5.41) is 3.19. The fourth-order valence-corrected chi connectivity index (χ4v) is 1.61. The van der Waals surface area contributed by atoms with Crippen LogP contribution < -0.4 is 10.1 Å². The molecule has 1 N–H and O–H groups in total. The van der Waals surface area contributed by atoms with Gasteiger partial charge in [-0.2, -0.15) is 0 Å². The van der Waals surface area contributed by atoms with Gasteiger partial charge in [-0.3, -0.25) is 0 Å². The predicted octanol–water partition coefficient (Wildman–Crippen LogP) is 2.58. The monoisotopic (exact) mass is 243 g/mol. The standard InChI is InChI=1S/C14H17N3O/c1-11-4-3-5-13(10-11)18-9-8-16-14-6-7-15-12(2)17-14/h3-7,10H,8-9H2,1-2H3,(H,15,16,17). The second kappa shape index (κ2) is 6.00. The molecule has 0 aliphatic carbocycles. The zero-order valence-corrected chi connectivity index (χ0v) is 10.7. The molecule has 94 valence electrons. The van der Waals surface area contributed by atoms with E-state index in [0.29, 0.717) is 13.2 Å². The maximum absolute atomic E-state index is 5.63. The number of ether oxygens (including phenoxy) is 1. The number of aromatic nitrogens is 2. The van der Waals surface area contributed by atoms with E-state index < -0.39 is 0 Å². The fourth-order valence-electron chi connectivity index (χ4n) is 1.61. The molecule has 0 unspecified atom stereocenters. The number of hydrogen-bond acceptors (Lipinski definition) is 4. The molecule has 1 heterocycles. The van der Waals surface area contributed by atoms with E-state index in [1.54, 1.807) is 6.20 Å². The minimum absolute atomic E-state index is 0.604. The maximum atomic E-state index is 5.63. The summed E-state index contributed by atoms with van der Waals surface area (Å²) in [7, 11) is 0. The zero-order chi connectivity index (χ0) is 12.8. The van der Waals surface area contributed by atoms with Crippen molar-refractivity contribution in [3.8, 4) is 5.75 Å². The molecule has 0 spiro atoms. The molecule has 1 aromatic heterocycles. The molecule has 2 rings (SSSR count). The minimum Gasteiger partial charge on any atom is -0.492 e. The molecule has 0 radical (unpaired) electrons. The molecule has 4 heteroatoms. The number of nitrogens with one attached hydrogen (secondary N) is 1. The van der Waals surface area contributed by atoms with Crippen LogP contribution in [0.2, 0.25) is 0 Å². The van der Waals surface area contributed by atoms with Gasteiger partial charge in [0.15, 0.2) is 0 Å². The molecule has 2 aromatic rings. The van der Waals surface area contributed by atoms with Crippen molar-refractivity contribution in [1.82, 2.24) is 9.97 Å². The number of anilines is 1. The molecule has 18 heavy (non-hydrogen) atoms. The Morgan fingerprint density at radius 2 is 2.11 bits per heavy atom. The smallest absolute Gasteiger partial charge is 0.129 e. The van der Waals surface area contributed by atoms with Gasteiger partial charge in [-0.05, 0) is 37.6 Å². The van der Waals surface area contributed by atoms with Crippen molar-refractivity contribution in [3.05, 3.63) is 47.9 Å². The van der Waals surface area contributed by atoms with E-state index in [9.17, 15) is 0 Å². The molecule has 1 aromatic carbocycles. The first-order chi connectivity index (χ1) is 8.74. The van der Waals surface area contributed by atoms with Gasteiger partial charge in [-0.1, -0.05) is 12.1 Å². The lowest BCUT2D eigenvalue weighted by Gasteiger charge is -2.08. The first-order valence-electron chi connectivity index (χ1n) is 5.97. The highest BCUT2D eigenvalue weighted by Crippen LogP contribution is 2.12. The maximum Gasteiger partial charge on any atom is 0.129 e. The van der Waals surface area contributed by atoms with E-state index in [0.717, 1.165) is 17.4 Å². The molecule has 0 fully saturated rings. The van der Waals surface area contributed by atoms with Crippen LogP contribution in [0, 0.1) is 13.8 Å². The van der Waals surface area contributed by atoms with E-state index >= 15 is 0 Å². The molecule has 0 amide bonds. The molecule has 0 bridgehead atoms. The molecule has 4 nitrogen and oxygen atoms in total. The largest absolute Gasteiger partial charge is 0.492 e. The van der Waals surface area contributed by atoms with Crippen LogP contribution in [0.5, 0.6) is 5.75 Å². The van der Waals surface area contributed by atoms with Gasteiger partial charge in [0.25, 0.3) is 0 Å². The summed E-state index contributed by atoms with van der Waals surface area (Å²) in [5.41, 5.74) is 1.20. The van der Waals surface area contributed by atoms with Crippen molar-refractivity contribution in [1.29, 1.82) is 0 Å². The second-order valence-electron chi connectivity index (χ2n) is 4.08. The number of hydrogen-bond donors (Lipinski definition) is 1. The molecular weight excluding hydrogens is 226 g/mol. The Balaban J connectivity index is 1.76. The average Bonchev–Trinajstić information content (AvgIpc) is 2.35. The summed E-state index contributed by atoms with van der Waals surface area (Å²) >= 11 is 0. The summed E-state index contributed by atoms with van der Waals surface area (Å²) in [6, 6.07) is 9.87. The van der Waals surface area contributed by atoms with Crippen LogP contribution in [0.25, 0.3) is 0 Å². The number of benzene rings is 1. The lowest BCUT2D eigenvalue weighted by molar-refractivity contribution is 0.332. The SMILES string of the molecule is Cc1cccc(OCCNc2ccnc(C)n2)c1. The van der Waals surface area contributed by atoms with Gasteiger partial charge in [0.05, 0.1) is 6.54 Å². The zero-order valence-electron chi connectivity index (χ0n) is 10.7. The van der Waals surface area contributed by atoms with Crippen molar-refractivity contribution < 1.29 is 4.74 Å². The topological polar surface area (TPSA) is 47.0 Å². The number of nitrogens with zero attached hydrogens (tertiary/aromatic N) is 2. The summed E-state index contributed by atoms with van der Waals surface area (Å²) in [5.74, 6) is 2.49. The van der Waals surface area contributed by atoms with Crippen molar-refractivity contribution in [2.45, 2.75) is 13.8 Å². The lowest BCUT2D eigenvalue weighted by Crippen LogP contribution is -2.12.